The summed E-state index contributed by atoms with van der Waals surface area (Å²) in [5.41, 5.74) is 1.84. The Morgan fingerprint density at radius 1 is 1.33 bits per heavy atom. The van der Waals surface area contributed by atoms with Gasteiger partial charge in [-0.05, 0) is 32.4 Å². The van der Waals surface area contributed by atoms with Crippen molar-refractivity contribution >= 4 is 21.2 Å². The molecule has 3 aromatic rings. The van der Waals surface area contributed by atoms with E-state index in [2.05, 4.69) is 19.8 Å². The van der Waals surface area contributed by atoms with Crippen molar-refractivity contribution in [2.24, 2.45) is 0 Å². The van der Waals surface area contributed by atoms with E-state index >= 15 is 0 Å². The van der Waals surface area contributed by atoms with Crippen LogP contribution in [0.3, 0.4) is 0 Å². The third-order valence-electron chi connectivity index (χ3n) is 3.69. The number of rotatable bonds is 6. The average molecular weight is 349 g/mol. The standard InChI is InChI=1S/C15H19N5O3S/c1-4-8-20-13(18-12-6-5-7-16-15(12)20)9-17-24(21,22)14-10(2)19-23-11(14)3/h5-7,17H,4,8-9H2,1-3H3. The summed E-state index contributed by atoms with van der Waals surface area (Å²) < 4.78 is 34.5. The van der Waals surface area contributed by atoms with Gasteiger partial charge in [0.05, 0.1) is 6.54 Å². The Bertz CT molecular complexity index is 955. The lowest BCUT2D eigenvalue weighted by atomic mass is 10.4. The van der Waals surface area contributed by atoms with Gasteiger partial charge < -0.3 is 9.09 Å². The number of nitrogens with one attached hydrogen (secondary N) is 1. The van der Waals surface area contributed by atoms with Gasteiger partial charge in [0.25, 0.3) is 0 Å². The lowest BCUT2D eigenvalue weighted by Gasteiger charge is -2.09. The van der Waals surface area contributed by atoms with E-state index in [0.29, 0.717) is 11.5 Å². The molecule has 0 spiro atoms. The van der Waals surface area contributed by atoms with Gasteiger partial charge in [-0.3, -0.25) is 0 Å². The summed E-state index contributed by atoms with van der Waals surface area (Å²) in [4.78, 5) is 8.92. The molecule has 0 aliphatic heterocycles. The van der Waals surface area contributed by atoms with Crippen LogP contribution in [-0.4, -0.2) is 28.1 Å². The minimum absolute atomic E-state index is 0.0722. The number of sulfonamides is 1. The van der Waals surface area contributed by atoms with Crippen LogP contribution in [0.4, 0.5) is 0 Å². The van der Waals surface area contributed by atoms with Crippen molar-refractivity contribution in [1.82, 2.24) is 24.4 Å². The zero-order chi connectivity index (χ0) is 17.3. The zero-order valence-electron chi connectivity index (χ0n) is 13.8. The molecule has 1 N–H and O–H groups in total. The van der Waals surface area contributed by atoms with Gasteiger partial charge in [-0.25, -0.2) is 23.1 Å². The topological polar surface area (TPSA) is 103 Å². The minimum Gasteiger partial charge on any atom is -0.360 e. The van der Waals surface area contributed by atoms with Crippen molar-refractivity contribution in [2.45, 2.75) is 45.2 Å². The summed E-state index contributed by atoms with van der Waals surface area (Å²) >= 11 is 0. The Morgan fingerprint density at radius 2 is 2.12 bits per heavy atom. The molecule has 0 bridgehead atoms. The van der Waals surface area contributed by atoms with Crippen LogP contribution in [-0.2, 0) is 23.1 Å². The fourth-order valence-electron chi connectivity index (χ4n) is 2.69. The first-order valence-corrected chi connectivity index (χ1v) is 9.15. The molecule has 0 aliphatic rings. The average Bonchev–Trinajstić information content (AvgIpc) is 3.07. The third-order valence-corrected chi connectivity index (χ3v) is 5.33. The molecule has 0 unspecified atom stereocenters. The van der Waals surface area contributed by atoms with Gasteiger partial charge in [0.1, 0.15) is 21.9 Å². The van der Waals surface area contributed by atoms with Crippen LogP contribution in [0.15, 0.2) is 27.7 Å². The van der Waals surface area contributed by atoms with Crippen molar-refractivity contribution in [1.29, 1.82) is 0 Å². The van der Waals surface area contributed by atoms with Crippen molar-refractivity contribution in [3.63, 3.8) is 0 Å². The Labute approximate surface area is 139 Å². The summed E-state index contributed by atoms with van der Waals surface area (Å²) in [5.74, 6) is 0.893. The molecule has 24 heavy (non-hydrogen) atoms. The second-order valence-corrected chi connectivity index (χ2v) is 7.21. The zero-order valence-corrected chi connectivity index (χ0v) is 14.6. The largest absolute Gasteiger partial charge is 0.360 e. The molecule has 9 heteroatoms. The van der Waals surface area contributed by atoms with E-state index in [1.165, 1.54) is 0 Å². The summed E-state index contributed by atoms with van der Waals surface area (Å²) in [6.07, 6.45) is 2.60. The number of aromatic nitrogens is 4. The first-order valence-electron chi connectivity index (χ1n) is 7.66. The number of aryl methyl sites for hydroxylation is 3. The molecule has 8 nitrogen and oxygen atoms in total. The molecule has 0 aliphatic carbocycles. The third kappa shape index (κ3) is 2.92. The molecular formula is C15H19N5O3S. The monoisotopic (exact) mass is 349 g/mol. The van der Waals surface area contributed by atoms with Crippen LogP contribution in [0.25, 0.3) is 11.2 Å². The van der Waals surface area contributed by atoms with Crippen LogP contribution in [0.2, 0.25) is 0 Å². The van der Waals surface area contributed by atoms with Gasteiger partial charge in [0.15, 0.2) is 11.4 Å². The van der Waals surface area contributed by atoms with Crippen LogP contribution in [0, 0.1) is 13.8 Å². The molecule has 3 aromatic heterocycles. The molecule has 0 saturated carbocycles. The molecule has 0 fully saturated rings. The molecule has 0 amide bonds. The number of hydrogen-bond acceptors (Lipinski definition) is 6. The Balaban J connectivity index is 1.92. The Morgan fingerprint density at radius 3 is 2.79 bits per heavy atom. The number of fused-ring (bicyclic) bond motifs is 1. The molecule has 0 radical (unpaired) electrons. The maximum Gasteiger partial charge on any atom is 0.246 e. The summed E-state index contributed by atoms with van der Waals surface area (Å²) in [6.45, 7) is 6.01. The maximum absolute atomic E-state index is 12.5. The Hall–Kier alpha value is -2.26. The number of pyridine rings is 1. The van der Waals surface area contributed by atoms with Crippen LogP contribution in [0.1, 0.15) is 30.6 Å². The molecular weight excluding hydrogens is 330 g/mol. The molecule has 3 rings (SSSR count). The van der Waals surface area contributed by atoms with E-state index in [-0.39, 0.29) is 17.2 Å². The lowest BCUT2D eigenvalue weighted by molar-refractivity contribution is 0.390. The normalized spacial score (nSPS) is 12.1. The van der Waals surface area contributed by atoms with Gasteiger partial charge in [0.2, 0.25) is 10.0 Å². The highest BCUT2D eigenvalue weighted by Crippen LogP contribution is 2.19. The molecule has 0 saturated heterocycles. The number of hydrogen-bond donors (Lipinski definition) is 1. The fourth-order valence-corrected chi connectivity index (χ4v) is 3.99. The van der Waals surface area contributed by atoms with E-state index < -0.39 is 10.0 Å². The van der Waals surface area contributed by atoms with Crippen LogP contribution >= 0.6 is 0 Å². The SMILES string of the molecule is CCCn1c(CNS(=O)(=O)c2c(C)noc2C)nc2cccnc21. The molecule has 128 valence electrons. The van der Waals surface area contributed by atoms with E-state index in [1.54, 1.807) is 20.0 Å². The van der Waals surface area contributed by atoms with E-state index in [0.717, 1.165) is 24.1 Å². The highest BCUT2D eigenvalue weighted by molar-refractivity contribution is 7.89. The van der Waals surface area contributed by atoms with E-state index in [9.17, 15) is 8.42 Å². The van der Waals surface area contributed by atoms with Crippen molar-refractivity contribution in [3.8, 4) is 0 Å². The first-order chi connectivity index (χ1) is 11.4. The van der Waals surface area contributed by atoms with Gasteiger partial charge >= 0.3 is 0 Å². The summed E-state index contributed by atoms with van der Waals surface area (Å²) in [6, 6.07) is 3.67. The lowest BCUT2D eigenvalue weighted by Crippen LogP contribution is -2.26. The smallest absolute Gasteiger partial charge is 0.246 e. The van der Waals surface area contributed by atoms with Gasteiger partial charge in [0, 0.05) is 12.7 Å². The second kappa shape index (κ2) is 6.33. The van der Waals surface area contributed by atoms with Crippen LogP contribution < -0.4 is 4.72 Å². The fraction of sp³-hybridized carbons (Fsp3) is 0.400. The molecule has 3 heterocycles. The Kier molecular flexibility index (Phi) is 4.37. The quantitative estimate of drug-likeness (QED) is 0.729. The summed E-state index contributed by atoms with van der Waals surface area (Å²) in [5, 5.41) is 3.69. The molecule has 0 aromatic carbocycles. The summed E-state index contributed by atoms with van der Waals surface area (Å²) in [7, 11) is -3.73. The first kappa shape index (κ1) is 16.6. The predicted molar refractivity (Wildman–Crippen MR) is 87.8 cm³/mol. The highest BCUT2D eigenvalue weighted by atomic mass is 32.2. The van der Waals surface area contributed by atoms with Gasteiger partial charge in [-0.2, -0.15) is 0 Å². The van der Waals surface area contributed by atoms with Gasteiger partial charge in [-0.1, -0.05) is 12.1 Å². The maximum atomic E-state index is 12.5. The minimum atomic E-state index is -3.73. The van der Waals surface area contributed by atoms with Crippen LogP contribution in [0.5, 0.6) is 0 Å². The molecule has 0 atom stereocenters. The number of nitrogens with zero attached hydrogens (tertiary/aromatic N) is 4. The van der Waals surface area contributed by atoms with Crippen molar-refractivity contribution in [3.05, 3.63) is 35.6 Å². The van der Waals surface area contributed by atoms with E-state index in [1.807, 2.05) is 23.6 Å². The second-order valence-electron chi connectivity index (χ2n) is 5.50. The predicted octanol–water partition coefficient (Wildman–Crippen LogP) is 1.92. The van der Waals surface area contributed by atoms with Gasteiger partial charge in [-0.15, -0.1) is 0 Å². The highest BCUT2D eigenvalue weighted by Gasteiger charge is 2.24. The number of imidazole rings is 1. The van der Waals surface area contributed by atoms with E-state index in [4.69, 9.17) is 4.52 Å². The van der Waals surface area contributed by atoms with Crippen molar-refractivity contribution < 1.29 is 12.9 Å². The van der Waals surface area contributed by atoms with Crippen molar-refractivity contribution in [2.75, 3.05) is 0 Å².